The lowest BCUT2D eigenvalue weighted by Gasteiger charge is -2.41. The Morgan fingerprint density at radius 2 is 1.01 bits per heavy atom. The number of methoxy groups -OCH3 is 2. The highest BCUT2D eigenvalue weighted by atomic mass is 16.6. The molecular weight excluding hydrogens is 875 g/mol. The Labute approximate surface area is 404 Å². The maximum Gasteiger partial charge on any atom is 0.410 e. The van der Waals surface area contributed by atoms with Crippen LogP contribution >= 0.6 is 0 Å². The Morgan fingerprint density at radius 1 is 0.565 bits per heavy atom. The van der Waals surface area contributed by atoms with E-state index in [1.54, 1.807) is 60.9 Å². The molecule has 2 unspecified atom stereocenters. The maximum absolute atomic E-state index is 13.3. The van der Waals surface area contributed by atoms with E-state index < -0.39 is 11.7 Å². The molecule has 2 atom stereocenters. The van der Waals surface area contributed by atoms with Crippen LogP contribution in [0.1, 0.15) is 40.0 Å². The van der Waals surface area contributed by atoms with Gasteiger partial charge in [0.15, 0.2) is 0 Å². The van der Waals surface area contributed by atoms with E-state index in [9.17, 15) is 14.4 Å². The van der Waals surface area contributed by atoms with Crippen molar-refractivity contribution < 1.29 is 38.1 Å². The Hall–Kier alpha value is -7.81. The average molecular weight is 936 g/mol. The summed E-state index contributed by atoms with van der Waals surface area (Å²) in [6.45, 7) is 7.89. The zero-order valence-corrected chi connectivity index (χ0v) is 39.9. The van der Waals surface area contributed by atoms with E-state index in [1.165, 1.54) is 0 Å². The van der Waals surface area contributed by atoms with Gasteiger partial charge in [0.25, 0.3) is 0 Å². The standard InChI is InChI=1S/C29H34N4O5.C25H27N3O3/c1-29(2,3)38-28(35)32-16-17-33(24(19-32)20-37-26-6-5-15-30-18-26)27(34)31-23-11-7-21(8-12-23)22-9-13-25(36-4)14-10-22;1-30-23-13-9-20(10-14-23)19-7-11-21(12-8-19)27-25(29)28-16-3-2-5-22(28)18-31-24-6-4-15-26-17-24/h5-15,18,24H,16-17,19-20H2,1-4H3,(H,31,34);4,6-15,17,22H,2-3,5,16,18H2,1H3,(H,27,29). The number of anilines is 2. The van der Waals surface area contributed by atoms with E-state index in [2.05, 4.69) is 20.6 Å². The lowest BCUT2D eigenvalue weighted by Crippen LogP contribution is -2.59. The fourth-order valence-corrected chi connectivity index (χ4v) is 7.90. The van der Waals surface area contributed by atoms with Crippen molar-refractivity contribution in [2.45, 2.75) is 57.7 Å². The van der Waals surface area contributed by atoms with Crippen molar-refractivity contribution >= 4 is 29.5 Å². The largest absolute Gasteiger partial charge is 0.497 e. The third-order valence-corrected chi connectivity index (χ3v) is 11.6. The molecule has 2 aliphatic rings. The molecule has 2 aromatic heterocycles. The van der Waals surface area contributed by atoms with Gasteiger partial charge in [0, 0.05) is 49.9 Å². The number of likely N-dealkylation sites (tertiary alicyclic amines) is 1. The molecule has 69 heavy (non-hydrogen) atoms. The van der Waals surface area contributed by atoms with E-state index in [-0.39, 0.29) is 30.8 Å². The number of nitrogens with zero attached hydrogens (tertiary/aromatic N) is 5. The Kier molecular flexibility index (Phi) is 16.9. The molecule has 0 bridgehead atoms. The number of carbonyl (C=O) groups is 3. The summed E-state index contributed by atoms with van der Waals surface area (Å²) in [4.78, 5) is 52.3. The number of piperidine rings is 1. The van der Waals surface area contributed by atoms with E-state index in [4.69, 9.17) is 23.7 Å². The van der Waals surface area contributed by atoms with Crippen molar-refractivity contribution in [1.82, 2.24) is 24.7 Å². The van der Waals surface area contributed by atoms with Crippen molar-refractivity contribution in [3.05, 3.63) is 146 Å². The molecule has 0 aliphatic carbocycles. The first-order valence-corrected chi connectivity index (χ1v) is 23.1. The summed E-state index contributed by atoms with van der Waals surface area (Å²) in [6, 6.07) is 37.9. The van der Waals surface area contributed by atoms with Crippen LogP contribution in [-0.4, -0.2) is 114 Å². The van der Waals surface area contributed by atoms with Gasteiger partial charge in [-0.25, -0.2) is 14.4 Å². The predicted octanol–water partition coefficient (Wildman–Crippen LogP) is 10.5. The van der Waals surface area contributed by atoms with Crippen LogP contribution in [0.25, 0.3) is 22.3 Å². The first-order chi connectivity index (χ1) is 33.4. The molecule has 0 spiro atoms. The van der Waals surface area contributed by atoms with Gasteiger partial charge in [0.1, 0.15) is 41.8 Å². The molecule has 4 aromatic carbocycles. The van der Waals surface area contributed by atoms with Crippen molar-refractivity contribution in [2.24, 2.45) is 0 Å². The van der Waals surface area contributed by atoms with Crippen molar-refractivity contribution in [3.63, 3.8) is 0 Å². The van der Waals surface area contributed by atoms with Crippen LogP contribution in [0.3, 0.4) is 0 Å². The number of pyridine rings is 2. The second kappa shape index (κ2) is 23.8. The molecule has 2 aliphatic heterocycles. The summed E-state index contributed by atoms with van der Waals surface area (Å²) in [7, 11) is 3.30. The number of benzene rings is 4. The number of amides is 5. The number of nitrogens with one attached hydrogen (secondary N) is 2. The number of aromatic nitrogens is 2. The topological polar surface area (TPSA) is 157 Å². The van der Waals surface area contributed by atoms with Gasteiger partial charge in [0.2, 0.25) is 0 Å². The number of hydrogen-bond donors (Lipinski definition) is 2. The third-order valence-electron chi connectivity index (χ3n) is 11.6. The van der Waals surface area contributed by atoms with Gasteiger partial charge < -0.3 is 49.0 Å². The lowest BCUT2D eigenvalue weighted by molar-refractivity contribution is 0.00538. The molecule has 4 heterocycles. The van der Waals surface area contributed by atoms with E-state index in [0.717, 1.165) is 71.0 Å². The molecule has 15 nitrogen and oxygen atoms in total. The highest BCUT2D eigenvalue weighted by Gasteiger charge is 2.35. The second-order valence-corrected chi connectivity index (χ2v) is 17.6. The third kappa shape index (κ3) is 14.3. The van der Waals surface area contributed by atoms with Crippen molar-refractivity contribution in [2.75, 3.05) is 64.2 Å². The molecule has 2 fully saturated rings. The van der Waals surface area contributed by atoms with E-state index in [1.807, 2.05) is 135 Å². The summed E-state index contributed by atoms with van der Waals surface area (Å²) < 4.78 is 27.8. The van der Waals surface area contributed by atoms with Crippen molar-refractivity contribution in [1.29, 1.82) is 0 Å². The number of hydrogen-bond acceptors (Lipinski definition) is 10. The smallest absolute Gasteiger partial charge is 0.410 e. The molecule has 2 N–H and O–H groups in total. The van der Waals surface area contributed by atoms with Crippen LogP contribution in [0.15, 0.2) is 146 Å². The number of carbonyl (C=O) groups excluding carboxylic acids is 3. The molecule has 6 aromatic rings. The monoisotopic (exact) mass is 935 g/mol. The highest BCUT2D eigenvalue weighted by Crippen LogP contribution is 2.27. The lowest BCUT2D eigenvalue weighted by atomic mass is 10.0. The Balaban J connectivity index is 0.000000208. The van der Waals surface area contributed by atoms with Gasteiger partial charge >= 0.3 is 18.2 Å². The summed E-state index contributed by atoms with van der Waals surface area (Å²) in [5, 5.41) is 6.02. The molecule has 5 amide bonds. The molecule has 0 radical (unpaired) electrons. The van der Waals surface area contributed by atoms with Gasteiger partial charge in [-0.1, -0.05) is 48.5 Å². The van der Waals surface area contributed by atoms with Crippen LogP contribution in [-0.2, 0) is 4.74 Å². The summed E-state index contributed by atoms with van der Waals surface area (Å²) >= 11 is 0. The van der Waals surface area contributed by atoms with Crippen LogP contribution < -0.4 is 29.6 Å². The first-order valence-electron chi connectivity index (χ1n) is 23.1. The van der Waals surface area contributed by atoms with Crippen molar-refractivity contribution in [3.8, 4) is 45.3 Å². The molecule has 15 heteroatoms. The van der Waals surface area contributed by atoms with E-state index >= 15 is 0 Å². The molecule has 360 valence electrons. The quantitative estimate of drug-likeness (QED) is 0.121. The van der Waals surface area contributed by atoms with Crippen LogP contribution in [0, 0.1) is 0 Å². The van der Waals surface area contributed by atoms with Crippen LogP contribution in [0.5, 0.6) is 23.0 Å². The maximum atomic E-state index is 13.3. The predicted molar refractivity (Wildman–Crippen MR) is 267 cm³/mol. The van der Waals surface area contributed by atoms with E-state index in [0.29, 0.717) is 37.7 Å². The minimum Gasteiger partial charge on any atom is -0.497 e. The summed E-state index contributed by atoms with van der Waals surface area (Å²) in [6.07, 6.45) is 9.32. The van der Waals surface area contributed by atoms with Gasteiger partial charge in [-0.2, -0.15) is 0 Å². The minimum absolute atomic E-state index is 0.0486. The van der Waals surface area contributed by atoms with Gasteiger partial charge in [-0.15, -0.1) is 0 Å². The summed E-state index contributed by atoms with van der Waals surface area (Å²) in [5.41, 5.74) is 5.11. The second-order valence-electron chi connectivity index (χ2n) is 17.6. The zero-order valence-electron chi connectivity index (χ0n) is 39.9. The van der Waals surface area contributed by atoms with Gasteiger partial charge in [-0.05, 0) is 135 Å². The van der Waals surface area contributed by atoms with Crippen LogP contribution in [0.4, 0.5) is 25.8 Å². The zero-order chi connectivity index (χ0) is 48.6. The highest BCUT2D eigenvalue weighted by molar-refractivity contribution is 5.91. The first kappa shape index (κ1) is 49.1. The minimum atomic E-state index is -0.606. The number of piperazine rings is 1. The average Bonchev–Trinajstić information content (AvgIpc) is 3.38. The van der Waals surface area contributed by atoms with Crippen LogP contribution in [0.2, 0.25) is 0 Å². The fraction of sp³-hybridized carbons (Fsp3) is 0.315. The Bertz CT molecular complexity index is 2540. The van der Waals surface area contributed by atoms with Gasteiger partial charge in [-0.3, -0.25) is 9.97 Å². The molecule has 0 saturated carbocycles. The molecular formula is C54H61N7O8. The Morgan fingerprint density at radius 3 is 1.45 bits per heavy atom. The fourth-order valence-electron chi connectivity index (χ4n) is 7.90. The number of urea groups is 2. The normalized spacial score (nSPS) is 15.7. The number of ether oxygens (including phenoxy) is 5. The molecule has 2 saturated heterocycles. The van der Waals surface area contributed by atoms with Gasteiger partial charge in [0.05, 0.1) is 38.7 Å². The SMILES string of the molecule is COc1ccc(-c2ccc(NC(=O)N3CCCCC3COc3cccnc3)cc2)cc1.COc1ccc(-c2ccc(NC(=O)N3CCN(C(=O)OC(C)(C)C)CC3COc3cccnc3)cc2)cc1. The number of rotatable bonds is 12. The molecule has 8 rings (SSSR count). The summed E-state index contributed by atoms with van der Waals surface area (Å²) in [5.74, 6) is 2.95.